The Bertz CT molecular complexity index is 407. The van der Waals surface area contributed by atoms with Crippen LogP contribution in [0.2, 0.25) is 0 Å². The van der Waals surface area contributed by atoms with Gasteiger partial charge in [-0.15, -0.1) is 11.3 Å². The monoisotopic (exact) mass is 251 g/mol. The minimum absolute atomic E-state index is 0.647. The van der Waals surface area contributed by atoms with E-state index in [2.05, 4.69) is 22.4 Å². The lowest BCUT2D eigenvalue weighted by Gasteiger charge is -2.21. The Balaban J connectivity index is 1.96. The molecule has 0 aliphatic heterocycles. The summed E-state index contributed by atoms with van der Waals surface area (Å²) >= 11 is 1.76. The molecular weight excluding hydrogens is 234 g/mol. The van der Waals surface area contributed by atoms with E-state index in [4.69, 9.17) is 5.11 Å². The van der Waals surface area contributed by atoms with E-state index in [0.29, 0.717) is 6.04 Å². The van der Waals surface area contributed by atoms with Gasteiger partial charge in [-0.05, 0) is 31.2 Å². The Kier molecular flexibility index (Phi) is 3.97. The Morgan fingerprint density at radius 1 is 1.65 bits per heavy atom. The molecule has 0 unspecified atom stereocenters. The number of hydrogen-bond acceptors (Lipinski definition) is 3. The second-order valence-corrected chi connectivity index (χ2v) is 5.58. The lowest BCUT2D eigenvalue weighted by atomic mass is 10.2. The maximum Gasteiger partial charge on any atom is 0.328 e. The number of rotatable bonds is 6. The molecule has 0 bridgehead atoms. The van der Waals surface area contributed by atoms with Gasteiger partial charge in [0.05, 0.1) is 0 Å². The highest BCUT2D eigenvalue weighted by atomic mass is 32.1. The van der Waals surface area contributed by atoms with Crippen LogP contribution in [0, 0.1) is 0 Å². The average molecular weight is 251 g/mol. The first-order chi connectivity index (χ1) is 8.15. The van der Waals surface area contributed by atoms with Gasteiger partial charge in [0, 0.05) is 30.1 Å². The normalized spacial score (nSPS) is 16.5. The number of thiophene rings is 1. The van der Waals surface area contributed by atoms with Crippen LogP contribution in [0.4, 0.5) is 0 Å². The molecule has 0 amide bonds. The number of carboxylic acids is 1. The number of aliphatic carboxylic acids is 1. The van der Waals surface area contributed by atoms with E-state index in [-0.39, 0.29) is 0 Å². The van der Waals surface area contributed by atoms with E-state index in [9.17, 15) is 4.79 Å². The standard InChI is InChI=1S/C13H17NO2S/c1-10(7-13(15)16)8-14(11-4-5-11)9-12-3-2-6-17-12/h2-3,6-7,11H,4-5,8-9H2,1H3,(H,15,16). The van der Waals surface area contributed by atoms with Gasteiger partial charge in [-0.25, -0.2) is 4.79 Å². The molecule has 0 aromatic carbocycles. The number of carbonyl (C=O) groups is 1. The van der Waals surface area contributed by atoms with E-state index in [0.717, 1.165) is 18.7 Å². The molecule has 92 valence electrons. The van der Waals surface area contributed by atoms with E-state index >= 15 is 0 Å². The summed E-state index contributed by atoms with van der Waals surface area (Å²) in [5.41, 5.74) is 0.918. The van der Waals surface area contributed by atoms with Crippen LogP contribution in [-0.2, 0) is 11.3 Å². The van der Waals surface area contributed by atoms with Gasteiger partial charge < -0.3 is 5.11 Å². The first-order valence-corrected chi connectivity index (χ1v) is 6.69. The van der Waals surface area contributed by atoms with Crippen molar-refractivity contribution in [2.45, 2.75) is 32.4 Å². The second-order valence-electron chi connectivity index (χ2n) is 4.54. The third kappa shape index (κ3) is 3.98. The lowest BCUT2D eigenvalue weighted by Crippen LogP contribution is -2.27. The smallest absolute Gasteiger partial charge is 0.328 e. The van der Waals surface area contributed by atoms with Crippen molar-refractivity contribution in [3.8, 4) is 0 Å². The summed E-state index contributed by atoms with van der Waals surface area (Å²) in [6.07, 6.45) is 3.79. The fourth-order valence-electron chi connectivity index (χ4n) is 1.93. The Labute approximate surface area is 105 Å². The second kappa shape index (κ2) is 5.47. The SMILES string of the molecule is CC(=CC(=O)O)CN(Cc1cccs1)C1CC1. The molecule has 17 heavy (non-hydrogen) atoms. The minimum atomic E-state index is -0.852. The Hall–Kier alpha value is -1.13. The molecule has 0 radical (unpaired) electrons. The van der Waals surface area contributed by atoms with Gasteiger partial charge in [-0.2, -0.15) is 0 Å². The first kappa shape index (κ1) is 12.3. The zero-order chi connectivity index (χ0) is 12.3. The summed E-state index contributed by atoms with van der Waals surface area (Å²) in [4.78, 5) is 14.3. The van der Waals surface area contributed by atoms with Crippen molar-refractivity contribution in [1.29, 1.82) is 0 Å². The van der Waals surface area contributed by atoms with Crippen LogP contribution in [0.3, 0.4) is 0 Å². The highest BCUT2D eigenvalue weighted by molar-refractivity contribution is 7.09. The zero-order valence-electron chi connectivity index (χ0n) is 9.93. The van der Waals surface area contributed by atoms with E-state index in [1.165, 1.54) is 23.8 Å². The summed E-state index contributed by atoms with van der Waals surface area (Å²) in [7, 11) is 0. The van der Waals surface area contributed by atoms with Gasteiger partial charge >= 0.3 is 5.97 Å². The summed E-state index contributed by atoms with van der Waals surface area (Å²) in [5.74, 6) is -0.852. The average Bonchev–Trinajstić information content (AvgIpc) is 2.96. The molecule has 2 rings (SSSR count). The third-order valence-electron chi connectivity index (χ3n) is 2.82. The van der Waals surface area contributed by atoms with Gasteiger partial charge in [0.1, 0.15) is 0 Å². The highest BCUT2D eigenvalue weighted by Gasteiger charge is 2.29. The molecule has 1 N–H and O–H groups in total. The molecule has 4 heteroatoms. The topological polar surface area (TPSA) is 40.5 Å². The van der Waals surface area contributed by atoms with E-state index in [1.807, 2.05) is 6.92 Å². The number of carboxylic acid groups (broad SMARTS) is 1. The zero-order valence-corrected chi connectivity index (χ0v) is 10.7. The van der Waals surface area contributed by atoms with Crippen LogP contribution in [0.15, 0.2) is 29.2 Å². The minimum Gasteiger partial charge on any atom is -0.478 e. The summed E-state index contributed by atoms with van der Waals surface area (Å²) < 4.78 is 0. The predicted octanol–water partition coefficient (Wildman–Crippen LogP) is 2.74. The molecule has 0 saturated heterocycles. The number of hydrogen-bond donors (Lipinski definition) is 1. The third-order valence-corrected chi connectivity index (χ3v) is 3.69. The highest BCUT2D eigenvalue weighted by Crippen LogP contribution is 2.29. The molecule has 1 aliphatic rings. The van der Waals surface area contributed by atoms with Crippen LogP contribution in [0.25, 0.3) is 0 Å². The first-order valence-electron chi connectivity index (χ1n) is 5.81. The Morgan fingerprint density at radius 3 is 2.94 bits per heavy atom. The lowest BCUT2D eigenvalue weighted by molar-refractivity contribution is -0.131. The van der Waals surface area contributed by atoms with Crippen LogP contribution < -0.4 is 0 Å². The van der Waals surface area contributed by atoms with Crippen molar-refractivity contribution in [1.82, 2.24) is 4.90 Å². The molecule has 3 nitrogen and oxygen atoms in total. The quantitative estimate of drug-likeness (QED) is 0.790. The van der Waals surface area contributed by atoms with Gasteiger partial charge in [-0.1, -0.05) is 11.6 Å². The van der Waals surface area contributed by atoms with Crippen molar-refractivity contribution in [2.75, 3.05) is 6.54 Å². The van der Waals surface area contributed by atoms with Crippen molar-refractivity contribution < 1.29 is 9.90 Å². The van der Waals surface area contributed by atoms with Crippen LogP contribution in [0.1, 0.15) is 24.6 Å². The summed E-state index contributed by atoms with van der Waals surface area (Å²) in [6, 6.07) is 4.84. The van der Waals surface area contributed by atoms with Crippen LogP contribution in [0.5, 0.6) is 0 Å². The maximum absolute atomic E-state index is 10.6. The molecule has 1 saturated carbocycles. The van der Waals surface area contributed by atoms with Crippen LogP contribution in [-0.4, -0.2) is 28.6 Å². The number of nitrogens with zero attached hydrogens (tertiary/aromatic N) is 1. The Morgan fingerprint density at radius 2 is 2.41 bits per heavy atom. The van der Waals surface area contributed by atoms with Gasteiger partial charge in [0.2, 0.25) is 0 Å². The molecule has 0 atom stereocenters. The fraction of sp³-hybridized carbons (Fsp3) is 0.462. The van der Waals surface area contributed by atoms with E-state index < -0.39 is 5.97 Å². The fourth-order valence-corrected chi connectivity index (χ4v) is 2.66. The maximum atomic E-state index is 10.6. The van der Waals surface area contributed by atoms with Gasteiger partial charge in [0.25, 0.3) is 0 Å². The van der Waals surface area contributed by atoms with Crippen LogP contribution >= 0.6 is 11.3 Å². The molecular formula is C13H17NO2S. The predicted molar refractivity (Wildman–Crippen MR) is 69.1 cm³/mol. The largest absolute Gasteiger partial charge is 0.478 e. The van der Waals surface area contributed by atoms with E-state index in [1.54, 1.807) is 11.3 Å². The summed E-state index contributed by atoms with van der Waals surface area (Å²) in [6.45, 7) is 3.58. The molecule has 1 aromatic heterocycles. The molecule has 1 heterocycles. The van der Waals surface area contributed by atoms with Gasteiger partial charge in [-0.3, -0.25) is 4.90 Å². The van der Waals surface area contributed by atoms with Crippen molar-refractivity contribution in [2.24, 2.45) is 0 Å². The molecule has 1 aliphatic carbocycles. The van der Waals surface area contributed by atoms with Gasteiger partial charge in [0.15, 0.2) is 0 Å². The molecule has 0 spiro atoms. The summed E-state index contributed by atoms with van der Waals surface area (Å²) in [5, 5.41) is 10.8. The molecule has 1 fully saturated rings. The van der Waals surface area contributed by atoms with Crippen molar-refractivity contribution >= 4 is 17.3 Å². The van der Waals surface area contributed by atoms with Crippen molar-refractivity contribution in [3.05, 3.63) is 34.0 Å². The van der Waals surface area contributed by atoms with Crippen molar-refractivity contribution in [3.63, 3.8) is 0 Å². The molecule has 1 aromatic rings.